The molecule has 1 saturated carbocycles. The molecule has 0 heterocycles. The normalized spacial score (nSPS) is 31.5. The Hall–Kier alpha value is -0.340. The number of hydrogen-bond donors (Lipinski definition) is 1. The lowest BCUT2D eigenvalue weighted by Crippen LogP contribution is -2.49. The average Bonchev–Trinajstić information content (AvgIpc) is 2.12. The van der Waals surface area contributed by atoms with Crippen LogP contribution in [0.15, 0.2) is 0 Å². The minimum Gasteiger partial charge on any atom is -0.380 e. The fraction of sp³-hybridized carbons (Fsp3) is 1.00. The van der Waals surface area contributed by atoms with Crippen LogP contribution in [-0.2, 0) is 14.3 Å². The maximum Gasteiger partial charge on any atom is 0.417 e. The first-order valence-electron chi connectivity index (χ1n) is 5.17. The van der Waals surface area contributed by atoms with Crippen LogP contribution in [0.2, 0.25) is 0 Å². The number of rotatable bonds is 3. The van der Waals surface area contributed by atoms with E-state index >= 15 is 0 Å². The van der Waals surface area contributed by atoms with Crippen molar-refractivity contribution in [2.75, 3.05) is 12.9 Å². The fourth-order valence-corrected chi connectivity index (χ4v) is 2.42. The van der Waals surface area contributed by atoms with Crippen LogP contribution >= 0.6 is 0 Å². The van der Waals surface area contributed by atoms with Crippen LogP contribution in [0, 0.1) is 5.92 Å². The number of hydrogen-bond acceptors (Lipinski definition) is 4. The van der Waals surface area contributed by atoms with E-state index in [9.17, 15) is 26.7 Å². The van der Waals surface area contributed by atoms with E-state index in [2.05, 4.69) is 4.18 Å². The maximum atomic E-state index is 12.6. The second kappa shape index (κ2) is 4.74. The van der Waals surface area contributed by atoms with Gasteiger partial charge in [0.1, 0.15) is 0 Å². The summed E-state index contributed by atoms with van der Waals surface area (Å²) in [5.74, 6) is -0.593. The zero-order valence-electron chi connectivity index (χ0n) is 9.33. The van der Waals surface area contributed by atoms with Gasteiger partial charge in [-0.1, -0.05) is 0 Å². The van der Waals surface area contributed by atoms with Crippen molar-refractivity contribution in [2.45, 2.75) is 37.5 Å². The Morgan fingerprint density at radius 1 is 1.47 bits per heavy atom. The standard InChI is InChI=1S/C9H15F3O4S/c1-17(14,15)16-6-7-3-2-4-8(13,5-7)9(10,11)12/h7,13H,2-6H2,1H3. The smallest absolute Gasteiger partial charge is 0.380 e. The molecule has 1 N–H and O–H groups in total. The lowest BCUT2D eigenvalue weighted by atomic mass is 9.78. The Morgan fingerprint density at radius 2 is 2.06 bits per heavy atom. The quantitative estimate of drug-likeness (QED) is 0.792. The molecule has 102 valence electrons. The van der Waals surface area contributed by atoms with Crippen molar-refractivity contribution in [2.24, 2.45) is 5.92 Å². The highest BCUT2D eigenvalue weighted by Gasteiger charge is 2.55. The van der Waals surface area contributed by atoms with Crippen molar-refractivity contribution in [3.05, 3.63) is 0 Å². The summed E-state index contributed by atoms with van der Waals surface area (Å²) in [6, 6.07) is 0. The summed E-state index contributed by atoms with van der Waals surface area (Å²) >= 11 is 0. The minimum absolute atomic E-state index is 0.202. The fourth-order valence-electron chi connectivity index (χ4n) is 1.98. The van der Waals surface area contributed by atoms with Crippen LogP contribution in [-0.4, -0.2) is 38.2 Å². The van der Waals surface area contributed by atoms with Crippen LogP contribution in [0.25, 0.3) is 0 Å². The molecule has 0 aromatic rings. The molecule has 1 aliphatic rings. The van der Waals surface area contributed by atoms with Crippen LogP contribution in [0.4, 0.5) is 13.2 Å². The van der Waals surface area contributed by atoms with E-state index in [1.165, 1.54) is 0 Å². The van der Waals surface area contributed by atoms with Gasteiger partial charge in [-0.15, -0.1) is 0 Å². The average molecular weight is 276 g/mol. The molecular formula is C9H15F3O4S. The van der Waals surface area contributed by atoms with Crippen LogP contribution in [0.3, 0.4) is 0 Å². The number of alkyl halides is 3. The zero-order valence-corrected chi connectivity index (χ0v) is 10.1. The Labute approximate surface area is 97.9 Å². The molecule has 1 rings (SSSR count). The van der Waals surface area contributed by atoms with Crippen molar-refractivity contribution in [3.63, 3.8) is 0 Å². The third-order valence-corrected chi connectivity index (χ3v) is 3.44. The summed E-state index contributed by atoms with van der Waals surface area (Å²) in [4.78, 5) is 0. The van der Waals surface area contributed by atoms with Crippen molar-refractivity contribution >= 4 is 10.1 Å². The SMILES string of the molecule is CS(=O)(=O)OCC1CCCC(O)(C(F)(F)F)C1. The molecule has 0 spiro atoms. The van der Waals surface area contributed by atoms with Gasteiger partial charge in [-0.2, -0.15) is 21.6 Å². The molecule has 0 saturated heterocycles. The third-order valence-electron chi connectivity index (χ3n) is 2.87. The molecule has 1 aliphatic carbocycles. The molecule has 1 fully saturated rings. The van der Waals surface area contributed by atoms with E-state index in [0.717, 1.165) is 6.26 Å². The molecule has 0 amide bonds. The van der Waals surface area contributed by atoms with E-state index in [1.54, 1.807) is 0 Å². The number of aliphatic hydroxyl groups is 1. The first-order chi connectivity index (χ1) is 7.54. The second-order valence-corrected chi connectivity index (χ2v) is 6.12. The number of halogens is 3. The van der Waals surface area contributed by atoms with Gasteiger partial charge in [0.2, 0.25) is 0 Å². The van der Waals surface area contributed by atoms with Gasteiger partial charge in [0.05, 0.1) is 12.9 Å². The van der Waals surface area contributed by atoms with Crippen molar-refractivity contribution < 1.29 is 30.9 Å². The first-order valence-corrected chi connectivity index (χ1v) is 6.99. The Bertz CT molecular complexity index is 365. The summed E-state index contributed by atoms with van der Waals surface area (Å²) in [7, 11) is -3.66. The highest BCUT2D eigenvalue weighted by atomic mass is 32.2. The third kappa shape index (κ3) is 4.11. The molecule has 17 heavy (non-hydrogen) atoms. The summed E-state index contributed by atoms with van der Waals surface area (Å²) < 4.78 is 63.6. The molecule has 0 radical (unpaired) electrons. The molecule has 0 bridgehead atoms. The Balaban J connectivity index is 2.61. The van der Waals surface area contributed by atoms with E-state index in [1.807, 2.05) is 0 Å². The van der Waals surface area contributed by atoms with Crippen molar-refractivity contribution in [1.82, 2.24) is 0 Å². The maximum absolute atomic E-state index is 12.6. The van der Waals surface area contributed by atoms with Crippen LogP contribution in [0.1, 0.15) is 25.7 Å². The highest BCUT2D eigenvalue weighted by Crippen LogP contribution is 2.43. The van der Waals surface area contributed by atoms with Gasteiger partial charge in [-0.3, -0.25) is 4.18 Å². The molecule has 4 nitrogen and oxygen atoms in total. The van der Waals surface area contributed by atoms with Gasteiger partial charge in [-0.25, -0.2) is 0 Å². The lowest BCUT2D eigenvalue weighted by molar-refractivity contribution is -0.274. The van der Waals surface area contributed by atoms with Crippen LogP contribution in [0.5, 0.6) is 0 Å². The minimum atomic E-state index is -4.68. The Morgan fingerprint density at radius 3 is 2.53 bits per heavy atom. The molecule has 0 aromatic heterocycles. The van der Waals surface area contributed by atoms with Gasteiger partial charge >= 0.3 is 6.18 Å². The largest absolute Gasteiger partial charge is 0.417 e. The molecular weight excluding hydrogens is 261 g/mol. The predicted molar refractivity (Wildman–Crippen MR) is 53.8 cm³/mol. The topological polar surface area (TPSA) is 63.6 Å². The second-order valence-electron chi connectivity index (χ2n) is 4.48. The Kier molecular flexibility index (Phi) is 4.10. The highest BCUT2D eigenvalue weighted by molar-refractivity contribution is 7.85. The summed E-state index contributed by atoms with van der Waals surface area (Å²) in [6.45, 7) is -0.308. The summed E-state index contributed by atoms with van der Waals surface area (Å²) in [5, 5.41) is 9.48. The molecule has 2 atom stereocenters. The predicted octanol–water partition coefficient (Wildman–Crippen LogP) is 1.45. The van der Waals surface area contributed by atoms with Gasteiger partial charge in [0.25, 0.3) is 10.1 Å². The first kappa shape index (κ1) is 14.7. The molecule has 2 unspecified atom stereocenters. The van der Waals surface area contributed by atoms with E-state index < -0.39 is 34.2 Å². The molecule has 0 aromatic carbocycles. The zero-order chi connectivity index (χ0) is 13.3. The van der Waals surface area contributed by atoms with Gasteiger partial charge in [-0.05, 0) is 31.6 Å². The molecule has 8 heteroatoms. The van der Waals surface area contributed by atoms with E-state index in [4.69, 9.17) is 0 Å². The van der Waals surface area contributed by atoms with Crippen molar-refractivity contribution in [1.29, 1.82) is 0 Å². The van der Waals surface area contributed by atoms with E-state index in [0.29, 0.717) is 6.42 Å². The summed E-state index contributed by atoms with van der Waals surface area (Å²) in [5.41, 5.74) is -2.71. The van der Waals surface area contributed by atoms with E-state index in [-0.39, 0.29) is 19.4 Å². The lowest BCUT2D eigenvalue weighted by Gasteiger charge is -2.37. The van der Waals surface area contributed by atoms with Crippen LogP contribution < -0.4 is 0 Å². The molecule has 0 aliphatic heterocycles. The van der Waals surface area contributed by atoms with Gasteiger partial charge < -0.3 is 5.11 Å². The summed E-state index contributed by atoms with van der Waals surface area (Å²) in [6.07, 6.45) is -4.07. The van der Waals surface area contributed by atoms with Crippen molar-refractivity contribution in [3.8, 4) is 0 Å². The monoisotopic (exact) mass is 276 g/mol. The van der Waals surface area contributed by atoms with Gasteiger partial charge in [0, 0.05) is 0 Å². The van der Waals surface area contributed by atoms with Gasteiger partial charge in [0.15, 0.2) is 5.60 Å².